The zero-order valence-corrected chi connectivity index (χ0v) is 16.8. The van der Waals surface area contributed by atoms with Gasteiger partial charge in [-0.2, -0.15) is 4.59 Å². The Morgan fingerprint density at radius 2 is 1.13 bits per heavy atom. The summed E-state index contributed by atoms with van der Waals surface area (Å²) in [6.45, 7) is 0. The van der Waals surface area contributed by atoms with E-state index in [-0.39, 0.29) is 4.59 Å². The predicted molar refractivity (Wildman–Crippen MR) is 121 cm³/mol. The number of nitrogens with one attached hydrogen (secondary N) is 1. The molecule has 2 aromatic heterocycles. The zero-order valence-electron chi connectivity index (χ0n) is 16.8. The Bertz CT molecular complexity index is 1130. The lowest BCUT2D eigenvalue weighted by atomic mass is 9.79. The van der Waals surface area contributed by atoms with Crippen LogP contribution >= 0.6 is 0 Å². The number of aromatic nitrogens is 2. The van der Waals surface area contributed by atoms with Gasteiger partial charge in [-0.05, 0) is 11.1 Å². The Kier molecular flexibility index (Phi) is 4.75. The van der Waals surface area contributed by atoms with E-state index in [0.29, 0.717) is 5.57 Å². The van der Waals surface area contributed by atoms with Crippen LogP contribution in [-0.2, 0) is 10.3 Å². The Morgan fingerprint density at radius 1 is 0.677 bits per heavy atom. The SMILES string of the molecule is O=CC1=C[N+](c2ccncc2)(c2ccncc2)NC1(c1ccccc1)c1ccccc1. The first-order valence-electron chi connectivity index (χ1n) is 10.1. The third-order valence-electron chi connectivity index (χ3n) is 5.79. The highest BCUT2D eigenvalue weighted by atomic mass is 16.1. The number of quaternary nitrogens is 1. The van der Waals surface area contributed by atoms with E-state index in [1.165, 1.54) is 0 Å². The van der Waals surface area contributed by atoms with E-state index >= 15 is 0 Å². The molecule has 0 saturated heterocycles. The van der Waals surface area contributed by atoms with Crippen molar-refractivity contribution in [3.05, 3.63) is 133 Å². The maximum atomic E-state index is 12.6. The summed E-state index contributed by atoms with van der Waals surface area (Å²) in [5.41, 5.74) is 7.50. The van der Waals surface area contributed by atoms with Crippen LogP contribution < -0.4 is 10.0 Å². The molecule has 0 spiro atoms. The number of hydrogen-bond donors (Lipinski definition) is 1. The summed E-state index contributed by atoms with van der Waals surface area (Å²) in [7, 11) is 0. The Labute approximate surface area is 180 Å². The molecule has 0 atom stereocenters. The molecule has 31 heavy (non-hydrogen) atoms. The van der Waals surface area contributed by atoms with Crippen molar-refractivity contribution >= 4 is 17.7 Å². The number of carbonyl (C=O) groups excluding carboxylic acids is 1. The minimum atomic E-state index is -0.836. The summed E-state index contributed by atoms with van der Waals surface area (Å²) in [5.74, 6) is 0. The molecule has 2 aromatic carbocycles. The fourth-order valence-electron chi connectivity index (χ4n) is 4.38. The highest BCUT2D eigenvalue weighted by molar-refractivity contribution is 5.84. The van der Waals surface area contributed by atoms with E-state index in [4.69, 9.17) is 0 Å². The molecular weight excluding hydrogens is 384 g/mol. The second kappa shape index (κ2) is 7.72. The molecule has 0 amide bonds. The van der Waals surface area contributed by atoms with Crippen LogP contribution in [0, 0.1) is 0 Å². The molecule has 1 aliphatic rings. The fourth-order valence-corrected chi connectivity index (χ4v) is 4.38. The van der Waals surface area contributed by atoms with Gasteiger partial charge in [0.05, 0.1) is 5.57 Å². The topological polar surface area (TPSA) is 54.9 Å². The highest BCUT2D eigenvalue weighted by Gasteiger charge is 2.54. The number of nitrogens with zero attached hydrogens (tertiary/aromatic N) is 3. The van der Waals surface area contributed by atoms with Crippen molar-refractivity contribution in [3.8, 4) is 0 Å². The zero-order chi connectivity index (χ0) is 21.2. The van der Waals surface area contributed by atoms with E-state index in [9.17, 15) is 4.79 Å². The molecule has 0 radical (unpaired) electrons. The van der Waals surface area contributed by atoms with Crippen LogP contribution in [0.25, 0.3) is 0 Å². The maximum absolute atomic E-state index is 12.6. The molecule has 4 aromatic rings. The van der Waals surface area contributed by atoms with Gasteiger partial charge in [0.2, 0.25) is 0 Å². The van der Waals surface area contributed by atoms with Gasteiger partial charge in [-0.1, -0.05) is 60.7 Å². The van der Waals surface area contributed by atoms with Gasteiger partial charge in [0.1, 0.15) is 6.20 Å². The molecule has 3 heterocycles. The molecule has 5 rings (SSSR count). The van der Waals surface area contributed by atoms with Gasteiger partial charge < -0.3 is 0 Å². The summed E-state index contributed by atoms with van der Waals surface area (Å²) < 4.78 is 0.156. The second-order valence-corrected chi connectivity index (χ2v) is 7.43. The van der Waals surface area contributed by atoms with E-state index < -0.39 is 5.54 Å². The van der Waals surface area contributed by atoms with Gasteiger partial charge in [0, 0.05) is 49.1 Å². The van der Waals surface area contributed by atoms with Crippen LogP contribution in [0.2, 0.25) is 0 Å². The van der Waals surface area contributed by atoms with Crippen LogP contribution in [0.15, 0.2) is 121 Å². The van der Waals surface area contributed by atoms with Crippen molar-refractivity contribution in [2.45, 2.75) is 5.54 Å². The van der Waals surface area contributed by atoms with E-state index in [1.54, 1.807) is 24.8 Å². The van der Waals surface area contributed by atoms with E-state index in [0.717, 1.165) is 28.8 Å². The Morgan fingerprint density at radius 3 is 1.55 bits per heavy atom. The van der Waals surface area contributed by atoms with Crippen molar-refractivity contribution < 1.29 is 4.79 Å². The molecule has 150 valence electrons. The van der Waals surface area contributed by atoms with Crippen LogP contribution in [0.3, 0.4) is 0 Å². The highest BCUT2D eigenvalue weighted by Crippen LogP contribution is 2.47. The first kappa shape index (κ1) is 19.1. The molecule has 0 fully saturated rings. The van der Waals surface area contributed by atoms with E-state index in [1.807, 2.05) is 66.9 Å². The smallest absolute Gasteiger partial charge is 0.165 e. The van der Waals surface area contributed by atoms with Crippen molar-refractivity contribution in [1.82, 2.24) is 20.0 Å². The standard InChI is InChI=1S/C26H21N4O/c31-20-23-19-30(24-11-15-27-16-12-24,25-13-17-28-18-14-25)29-26(23,21-7-3-1-4-8-21)22-9-5-2-6-10-22/h1-20,29H/q+1. The first-order chi connectivity index (χ1) is 15.3. The normalized spacial score (nSPS) is 16.5. The second-order valence-electron chi connectivity index (χ2n) is 7.43. The number of carbonyl (C=O) groups is 1. The van der Waals surface area contributed by atoms with Crippen molar-refractivity contribution in [2.24, 2.45) is 0 Å². The monoisotopic (exact) mass is 405 g/mol. The maximum Gasteiger partial charge on any atom is 0.165 e. The summed E-state index contributed by atoms with van der Waals surface area (Å²) >= 11 is 0. The summed E-state index contributed by atoms with van der Waals surface area (Å²) in [4.78, 5) is 21.0. The van der Waals surface area contributed by atoms with Gasteiger partial charge in [-0.15, -0.1) is 5.43 Å². The van der Waals surface area contributed by atoms with Gasteiger partial charge in [-0.3, -0.25) is 14.8 Å². The fraction of sp³-hybridized carbons (Fsp3) is 0.0385. The summed E-state index contributed by atoms with van der Waals surface area (Å²) in [5, 5.41) is 0. The number of aldehydes is 1. The van der Waals surface area contributed by atoms with Gasteiger partial charge >= 0.3 is 0 Å². The number of benzene rings is 2. The molecule has 0 saturated carbocycles. The first-order valence-corrected chi connectivity index (χ1v) is 10.1. The largest absolute Gasteiger partial charge is 0.298 e. The quantitative estimate of drug-likeness (QED) is 0.388. The van der Waals surface area contributed by atoms with E-state index in [2.05, 4.69) is 39.7 Å². The lowest BCUT2D eigenvalue weighted by molar-refractivity contribution is -0.105. The predicted octanol–water partition coefficient (Wildman–Crippen LogP) is 4.66. The van der Waals surface area contributed by atoms with Gasteiger partial charge in [0.15, 0.2) is 23.2 Å². The molecular formula is C26H21N4O+. The van der Waals surface area contributed by atoms with Gasteiger partial charge in [0.25, 0.3) is 0 Å². The van der Waals surface area contributed by atoms with Crippen molar-refractivity contribution in [1.29, 1.82) is 0 Å². The van der Waals surface area contributed by atoms with Crippen molar-refractivity contribution in [2.75, 3.05) is 0 Å². The van der Waals surface area contributed by atoms with Crippen LogP contribution in [0.4, 0.5) is 11.4 Å². The summed E-state index contributed by atoms with van der Waals surface area (Å²) in [6.07, 6.45) is 9.98. The molecule has 5 nitrogen and oxygen atoms in total. The minimum Gasteiger partial charge on any atom is -0.298 e. The third kappa shape index (κ3) is 2.99. The molecule has 0 aliphatic carbocycles. The van der Waals surface area contributed by atoms with Crippen LogP contribution in [0.5, 0.6) is 0 Å². The molecule has 1 N–H and O–H groups in total. The van der Waals surface area contributed by atoms with Crippen LogP contribution in [-0.4, -0.2) is 16.3 Å². The number of hydrogen-bond acceptors (Lipinski definition) is 4. The Balaban J connectivity index is 1.83. The average Bonchev–Trinajstić information content (AvgIpc) is 3.24. The number of rotatable bonds is 5. The summed E-state index contributed by atoms with van der Waals surface area (Å²) in [6, 6.07) is 28.0. The minimum absolute atomic E-state index is 0.156. The van der Waals surface area contributed by atoms with Crippen molar-refractivity contribution in [3.63, 3.8) is 0 Å². The number of pyridine rings is 2. The Hall–Kier alpha value is -3.93. The lowest BCUT2D eigenvalue weighted by Gasteiger charge is -2.37. The third-order valence-corrected chi connectivity index (χ3v) is 5.79. The average molecular weight is 405 g/mol. The van der Waals surface area contributed by atoms with Crippen LogP contribution in [0.1, 0.15) is 11.1 Å². The molecule has 0 bridgehead atoms. The lowest BCUT2D eigenvalue weighted by Crippen LogP contribution is -2.56. The molecule has 0 unspecified atom stereocenters. The molecule has 1 aliphatic heterocycles. The molecule has 5 heteroatoms. The van der Waals surface area contributed by atoms with Gasteiger partial charge in [-0.25, -0.2) is 0 Å².